The number of hydrogen-bond donors (Lipinski definition) is 2. The lowest BCUT2D eigenvalue weighted by molar-refractivity contribution is 1.21. The molecule has 0 saturated carbocycles. The molecule has 0 fully saturated rings. The van der Waals surface area contributed by atoms with Crippen LogP contribution in [0.1, 0.15) is 16.7 Å². The Morgan fingerprint density at radius 2 is 1.79 bits per heavy atom. The molecular formula is C14H10N4O. The summed E-state index contributed by atoms with van der Waals surface area (Å²) in [4.78, 5) is 14.1. The van der Waals surface area contributed by atoms with Crippen molar-refractivity contribution in [1.82, 2.24) is 4.98 Å². The van der Waals surface area contributed by atoms with Crippen molar-refractivity contribution in [1.29, 1.82) is 10.5 Å². The van der Waals surface area contributed by atoms with Crippen molar-refractivity contribution in [2.24, 2.45) is 0 Å². The van der Waals surface area contributed by atoms with Gasteiger partial charge in [0.1, 0.15) is 29.1 Å². The zero-order valence-electron chi connectivity index (χ0n) is 10.2. The van der Waals surface area contributed by atoms with Crippen LogP contribution < -0.4 is 11.3 Å². The van der Waals surface area contributed by atoms with E-state index in [1.54, 1.807) is 12.1 Å². The fourth-order valence-electron chi connectivity index (χ4n) is 1.97. The van der Waals surface area contributed by atoms with Gasteiger partial charge in [-0.3, -0.25) is 4.79 Å². The van der Waals surface area contributed by atoms with Crippen molar-refractivity contribution < 1.29 is 0 Å². The second-order valence-electron chi connectivity index (χ2n) is 4.03. The second-order valence-corrected chi connectivity index (χ2v) is 4.03. The summed E-state index contributed by atoms with van der Waals surface area (Å²) in [6.07, 6.45) is 0. The van der Waals surface area contributed by atoms with Crippen molar-refractivity contribution in [2.45, 2.75) is 6.92 Å². The van der Waals surface area contributed by atoms with Crippen LogP contribution in [-0.4, -0.2) is 4.98 Å². The van der Waals surface area contributed by atoms with Gasteiger partial charge >= 0.3 is 0 Å². The van der Waals surface area contributed by atoms with Gasteiger partial charge in [-0.25, -0.2) is 0 Å². The highest BCUT2D eigenvalue weighted by molar-refractivity contribution is 5.81. The second kappa shape index (κ2) is 4.67. The van der Waals surface area contributed by atoms with Crippen LogP contribution in [0.15, 0.2) is 29.1 Å². The molecule has 0 spiro atoms. The maximum atomic E-state index is 11.8. The van der Waals surface area contributed by atoms with Crippen molar-refractivity contribution in [3.63, 3.8) is 0 Å². The number of rotatable bonds is 1. The van der Waals surface area contributed by atoms with E-state index >= 15 is 0 Å². The Hall–Kier alpha value is -3.05. The van der Waals surface area contributed by atoms with Gasteiger partial charge in [0.25, 0.3) is 5.56 Å². The first-order valence-electron chi connectivity index (χ1n) is 5.52. The average Bonchev–Trinajstić information content (AvgIpc) is 2.38. The number of aryl methyl sites for hydroxylation is 1. The first-order chi connectivity index (χ1) is 9.10. The van der Waals surface area contributed by atoms with Gasteiger partial charge in [0.05, 0.1) is 0 Å². The van der Waals surface area contributed by atoms with Crippen LogP contribution >= 0.6 is 0 Å². The highest BCUT2D eigenvalue weighted by Gasteiger charge is 2.18. The lowest BCUT2D eigenvalue weighted by Gasteiger charge is -2.10. The molecule has 0 radical (unpaired) electrons. The van der Waals surface area contributed by atoms with E-state index in [1.807, 2.05) is 31.2 Å². The molecule has 2 aromatic rings. The highest BCUT2D eigenvalue weighted by atomic mass is 16.1. The Balaban J connectivity index is 2.99. The molecule has 1 aromatic carbocycles. The standard InChI is InChI=1S/C14H10N4O/c1-8-4-2-3-5-9(8)12-10(6-15)13(17)18-14(19)11(12)7-16/h2-5H,1H3,(H3,17,18,19). The number of nitrogens with zero attached hydrogens (tertiary/aromatic N) is 2. The fraction of sp³-hybridized carbons (Fsp3) is 0.0714. The number of nitrogen functional groups attached to an aromatic ring is 1. The number of H-pyrrole nitrogens is 1. The number of aromatic nitrogens is 1. The molecule has 0 aliphatic rings. The Bertz CT molecular complexity index is 791. The molecular weight excluding hydrogens is 240 g/mol. The van der Waals surface area contributed by atoms with Crippen LogP contribution in [0, 0.1) is 29.6 Å². The van der Waals surface area contributed by atoms with Crippen LogP contribution in [-0.2, 0) is 0 Å². The topological polar surface area (TPSA) is 106 Å². The van der Waals surface area contributed by atoms with Gasteiger partial charge < -0.3 is 10.7 Å². The molecule has 1 heterocycles. The Morgan fingerprint density at radius 1 is 1.16 bits per heavy atom. The lowest BCUT2D eigenvalue weighted by atomic mass is 9.93. The molecule has 2 rings (SSSR count). The van der Waals surface area contributed by atoms with Crippen molar-refractivity contribution in [2.75, 3.05) is 5.73 Å². The average molecular weight is 250 g/mol. The van der Waals surface area contributed by atoms with Crippen LogP contribution in [0.25, 0.3) is 11.1 Å². The molecule has 5 heteroatoms. The largest absolute Gasteiger partial charge is 0.384 e. The number of nitrogens with one attached hydrogen (secondary N) is 1. The number of aromatic amines is 1. The molecule has 92 valence electrons. The van der Waals surface area contributed by atoms with Gasteiger partial charge in [-0.2, -0.15) is 10.5 Å². The van der Waals surface area contributed by atoms with Gasteiger partial charge in [-0.05, 0) is 18.1 Å². The highest BCUT2D eigenvalue weighted by Crippen LogP contribution is 2.30. The van der Waals surface area contributed by atoms with E-state index in [-0.39, 0.29) is 16.9 Å². The molecule has 1 aromatic heterocycles. The summed E-state index contributed by atoms with van der Waals surface area (Å²) >= 11 is 0. The van der Waals surface area contributed by atoms with Gasteiger partial charge in [0.15, 0.2) is 0 Å². The summed E-state index contributed by atoms with van der Waals surface area (Å²) in [6.45, 7) is 1.84. The summed E-state index contributed by atoms with van der Waals surface area (Å²) < 4.78 is 0. The van der Waals surface area contributed by atoms with E-state index < -0.39 is 5.56 Å². The molecule has 19 heavy (non-hydrogen) atoms. The van der Waals surface area contributed by atoms with Crippen LogP contribution in [0.5, 0.6) is 0 Å². The lowest BCUT2D eigenvalue weighted by Crippen LogP contribution is -2.16. The van der Waals surface area contributed by atoms with E-state index in [0.29, 0.717) is 11.1 Å². The third-order valence-electron chi connectivity index (χ3n) is 2.88. The molecule has 5 nitrogen and oxygen atoms in total. The maximum absolute atomic E-state index is 11.8. The molecule has 3 N–H and O–H groups in total. The smallest absolute Gasteiger partial charge is 0.268 e. The van der Waals surface area contributed by atoms with Crippen LogP contribution in [0.2, 0.25) is 0 Å². The molecule has 0 aliphatic heterocycles. The third-order valence-corrected chi connectivity index (χ3v) is 2.88. The molecule has 0 unspecified atom stereocenters. The zero-order chi connectivity index (χ0) is 14.0. The molecule has 0 aliphatic carbocycles. The molecule has 0 bridgehead atoms. The predicted octanol–water partition coefficient (Wildman–Crippen LogP) is 1.68. The predicted molar refractivity (Wildman–Crippen MR) is 71.1 cm³/mol. The van der Waals surface area contributed by atoms with Crippen molar-refractivity contribution in [3.8, 4) is 23.3 Å². The van der Waals surface area contributed by atoms with E-state index in [9.17, 15) is 10.1 Å². The normalized spacial score (nSPS) is 9.63. The minimum atomic E-state index is -0.586. The molecule has 0 saturated heterocycles. The summed E-state index contributed by atoms with van der Waals surface area (Å²) in [5, 5.41) is 18.3. The molecule has 0 atom stereocenters. The fourth-order valence-corrected chi connectivity index (χ4v) is 1.97. The summed E-state index contributed by atoms with van der Waals surface area (Å²) in [6, 6.07) is 11.0. The third kappa shape index (κ3) is 1.94. The Labute approximate surface area is 109 Å². The van der Waals surface area contributed by atoms with Crippen molar-refractivity contribution >= 4 is 5.82 Å². The minimum absolute atomic E-state index is 0.0234. The van der Waals surface area contributed by atoms with Gasteiger partial charge in [-0.1, -0.05) is 24.3 Å². The van der Waals surface area contributed by atoms with Crippen LogP contribution in [0.4, 0.5) is 5.82 Å². The number of benzene rings is 1. The Kier molecular flexibility index (Phi) is 3.05. The monoisotopic (exact) mass is 250 g/mol. The number of nitrogens with two attached hydrogens (primary N) is 1. The van der Waals surface area contributed by atoms with Gasteiger partial charge in [0, 0.05) is 5.56 Å². The minimum Gasteiger partial charge on any atom is -0.384 e. The van der Waals surface area contributed by atoms with E-state index in [0.717, 1.165) is 5.56 Å². The Morgan fingerprint density at radius 3 is 2.37 bits per heavy atom. The number of anilines is 1. The zero-order valence-corrected chi connectivity index (χ0v) is 10.2. The van der Waals surface area contributed by atoms with Crippen LogP contribution in [0.3, 0.4) is 0 Å². The van der Waals surface area contributed by atoms with E-state index in [4.69, 9.17) is 11.0 Å². The SMILES string of the molecule is Cc1ccccc1-c1c(C#N)c(N)[nH]c(=O)c1C#N. The number of hydrogen-bond acceptors (Lipinski definition) is 4. The van der Waals surface area contributed by atoms with Crippen molar-refractivity contribution in [3.05, 3.63) is 51.3 Å². The number of pyridine rings is 1. The van der Waals surface area contributed by atoms with E-state index in [1.165, 1.54) is 0 Å². The first kappa shape index (κ1) is 12.4. The van der Waals surface area contributed by atoms with Gasteiger partial charge in [-0.15, -0.1) is 0 Å². The van der Waals surface area contributed by atoms with Gasteiger partial charge in [0.2, 0.25) is 0 Å². The van der Waals surface area contributed by atoms with E-state index in [2.05, 4.69) is 4.98 Å². The quantitative estimate of drug-likeness (QED) is 0.802. The first-order valence-corrected chi connectivity index (χ1v) is 5.52. The maximum Gasteiger partial charge on any atom is 0.268 e. The summed E-state index contributed by atoms with van der Waals surface area (Å²) in [7, 11) is 0. The summed E-state index contributed by atoms with van der Waals surface area (Å²) in [5.41, 5.74) is 6.91. The summed E-state index contributed by atoms with van der Waals surface area (Å²) in [5.74, 6) is -0.0234. The number of nitriles is 2. The molecule has 0 amide bonds.